The topological polar surface area (TPSA) is 52.0 Å². The van der Waals surface area contributed by atoms with Crippen LogP contribution in [0, 0.1) is 5.92 Å². The first-order chi connectivity index (χ1) is 7.59. The minimum absolute atomic E-state index is 0.0660. The Morgan fingerprint density at radius 2 is 1.81 bits per heavy atom. The van der Waals surface area contributed by atoms with Crippen molar-refractivity contribution in [2.24, 2.45) is 11.7 Å². The van der Waals surface area contributed by atoms with E-state index in [2.05, 4.69) is 31.9 Å². The molecule has 2 rings (SSSR count). The van der Waals surface area contributed by atoms with Gasteiger partial charge in [0.25, 0.3) is 0 Å². The van der Waals surface area contributed by atoms with Crippen LogP contribution in [0.5, 0.6) is 0 Å². The molecule has 2 nitrogen and oxygen atoms in total. The molecular formula is C12H16Br2N2. The molecule has 0 bridgehead atoms. The maximum atomic E-state index is 6.32. The fourth-order valence-electron chi connectivity index (χ4n) is 2.45. The maximum Gasteiger partial charge on any atom is 0.0507 e. The Balaban J connectivity index is 2.31. The van der Waals surface area contributed by atoms with Gasteiger partial charge in [0.15, 0.2) is 0 Å². The molecule has 0 saturated heterocycles. The predicted octanol–water partition coefficient (Wildman–Crippen LogP) is 3.98. The van der Waals surface area contributed by atoms with Crippen molar-refractivity contribution in [1.82, 2.24) is 0 Å². The zero-order chi connectivity index (χ0) is 11.7. The van der Waals surface area contributed by atoms with E-state index in [4.69, 9.17) is 11.5 Å². The third-order valence-electron chi connectivity index (χ3n) is 3.39. The van der Waals surface area contributed by atoms with Gasteiger partial charge in [-0.3, -0.25) is 0 Å². The maximum absolute atomic E-state index is 6.32. The molecule has 0 amide bonds. The van der Waals surface area contributed by atoms with Gasteiger partial charge in [-0.25, -0.2) is 0 Å². The molecule has 0 radical (unpaired) electrons. The third kappa shape index (κ3) is 2.44. The Kier molecular flexibility index (Phi) is 3.93. The number of hydrogen-bond donors (Lipinski definition) is 2. The molecule has 1 aliphatic carbocycles. The van der Waals surface area contributed by atoms with Gasteiger partial charge in [0.05, 0.1) is 5.69 Å². The number of hydrogen-bond acceptors (Lipinski definition) is 2. The smallest absolute Gasteiger partial charge is 0.0507 e. The second kappa shape index (κ2) is 5.07. The van der Waals surface area contributed by atoms with Crippen molar-refractivity contribution < 1.29 is 0 Å². The SMILES string of the molecule is Nc1c(Br)cc(Br)cc1[C@H](N)C1CCCC1. The quantitative estimate of drug-likeness (QED) is 0.795. The van der Waals surface area contributed by atoms with Gasteiger partial charge in [-0.1, -0.05) is 28.8 Å². The Morgan fingerprint density at radius 1 is 1.19 bits per heavy atom. The van der Waals surface area contributed by atoms with Crippen molar-refractivity contribution in [2.45, 2.75) is 31.7 Å². The fraction of sp³-hybridized carbons (Fsp3) is 0.500. The van der Waals surface area contributed by atoms with Crippen molar-refractivity contribution in [3.63, 3.8) is 0 Å². The summed E-state index contributed by atoms with van der Waals surface area (Å²) in [5.41, 5.74) is 14.2. The molecular weight excluding hydrogens is 332 g/mol. The monoisotopic (exact) mass is 346 g/mol. The van der Waals surface area contributed by atoms with Gasteiger partial charge in [0.2, 0.25) is 0 Å². The summed E-state index contributed by atoms with van der Waals surface area (Å²) in [5.74, 6) is 0.587. The van der Waals surface area contributed by atoms with Crippen molar-refractivity contribution >= 4 is 37.5 Å². The fourth-order valence-corrected chi connectivity index (χ4v) is 3.71. The zero-order valence-corrected chi connectivity index (χ0v) is 12.2. The van der Waals surface area contributed by atoms with E-state index in [1.54, 1.807) is 0 Å². The highest BCUT2D eigenvalue weighted by molar-refractivity contribution is 9.11. The van der Waals surface area contributed by atoms with E-state index >= 15 is 0 Å². The van der Waals surface area contributed by atoms with Gasteiger partial charge in [-0.2, -0.15) is 0 Å². The molecule has 1 aliphatic rings. The molecule has 1 fully saturated rings. The Hall–Kier alpha value is -0.0600. The summed E-state index contributed by atoms with van der Waals surface area (Å²) in [6.07, 6.45) is 5.05. The lowest BCUT2D eigenvalue weighted by Gasteiger charge is -2.21. The summed E-state index contributed by atoms with van der Waals surface area (Å²) >= 11 is 6.95. The van der Waals surface area contributed by atoms with E-state index in [0.717, 1.165) is 20.2 Å². The predicted molar refractivity (Wildman–Crippen MR) is 75.1 cm³/mol. The van der Waals surface area contributed by atoms with Gasteiger partial charge in [0.1, 0.15) is 0 Å². The Bertz CT molecular complexity index is 387. The molecule has 16 heavy (non-hydrogen) atoms. The van der Waals surface area contributed by atoms with Crippen molar-refractivity contribution in [1.29, 1.82) is 0 Å². The second-order valence-electron chi connectivity index (χ2n) is 4.46. The van der Waals surface area contributed by atoms with Gasteiger partial charge < -0.3 is 11.5 Å². The van der Waals surface area contributed by atoms with Crippen LogP contribution in [-0.2, 0) is 0 Å². The molecule has 0 aromatic heterocycles. The van der Waals surface area contributed by atoms with Crippen LogP contribution in [0.1, 0.15) is 37.3 Å². The standard InChI is InChI=1S/C12H16Br2N2/c13-8-5-9(12(16)10(14)6-8)11(15)7-3-1-2-4-7/h5-7,11H,1-4,15-16H2/t11-/m1/s1. The number of nitrogens with two attached hydrogens (primary N) is 2. The lowest BCUT2D eigenvalue weighted by Crippen LogP contribution is -2.20. The van der Waals surface area contributed by atoms with Gasteiger partial charge in [-0.05, 0) is 52.4 Å². The highest BCUT2D eigenvalue weighted by Gasteiger charge is 2.25. The summed E-state index contributed by atoms with van der Waals surface area (Å²) in [6, 6.07) is 4.07. The molecule has 0 aliphatic heterocycles. The number of halogens is 2. The van der Waals surface area contributed by atoms with E-state index in [1.807, 2.05) is 12.1 Å². The normalized spacial score (nSPS) is 18.9. The first-order valence-corrected chi connectivity index (χ1v) is 7.18. The van der Waals surface area contributed by atoms with E-state index in [9.17, 15) is 0 Å². The molecule has 1 aromatic carbocycles. The van der Waals surface area contributed by atoms with Crippen molar-refractivity contribution in [2.75, 3.05) is 5.73 Å². The van der Waals surface area contributed by atoms with E-state index < -0.39 is 0 Å². The molecule has 0 spiro atoms. The summed E-state index contributed by atoms with van der Waals surface area (Å²) in [6.45, 7) is 0. The molecule has 1 saturated carbocycles. The minimum Gasteiger partial charge on any atom is -0.398 e. The average molecular weight is 348 g/mol. The van der Waals surface area contributed by atoms with Crippen molar-refractivity contribution in [3.05, 3.63) is 26.6 Å². The van der Waals surface area contributed by atoms with Crippen LogP contribution in [0.25, 0.3) is 0 Å². The first kappa shape index (κ1) is 12.4. The number of rotatable bonds is 2. The first-order valence-electron chi connectivity index (χ1n) is 5.59. The minimum atomic E-state index is 0.0660. The summed E-state index contributed by atoms with van der Waals surface area (Å²) < 4.78 is 1.95. The highest BCUT2D eigenvalue weighted by atomic mass is 79.9. The van der Waals surface area contributed by atoms with Gasteiger partial charge >= 0.3 is 0 Å². The molecule has 4 N–H and O–H groups in total. The van der Waals surface area contributed by atoms with Gasteiger partial charge in [0, 0.05) is 15.0 Å². The summed E-state index contributed by atoms with van der Waals surface area (Å²) in [7, 11) is 0. The van der Waals surface area contributed by atoms with Crippen LogP contribution >= 0.6 is 31.9 Å². The molecule has 1 aromatic rings. The molecule has 1 atom stereocenters. The summed E-state index contributed by atoms with van der Waals surface area (Å²) in [5, 5.41) is 0. The van der Waals surface area contributed by atoms with Crippen LogP contribution in [0.4, 0.5) is 5.69 Å². The Morgan fingerprint density at radius 3 is 2.44 bits per heavy atom. The van der Waals surface area contributed by atoms with Crippen LogP contribution in [0.2, 0.25) is 0 Å². The zero-order valence-electron chi connectivity index (χ0n) is 9.05. The number of nitrogen functional groups attached to an aromatic ring is 1. The molecule has 0 unspecified atom stereocenters. The molecule has 88 valence electrons. The van der Waals surface area contributed by atoms with E-state index in [0.29, 0.717) is 5.92 Å². The van der Waals surface area contributed by atoms with Crippen LogP contribution in [0.15, 0.2) is 21.1 Å². The van der Waals surface area contributed by atoms with E-state index in [1.165, 1.54) is 25.7 Å². The van der Waals surface area contributed by atoms with Gasteiger partial charge in [-0.15, -0.1) is 0 Å². The number of benzene rings is 1. The lowest BCUT2D eigenvalue weighted by atomic mass is 9.91. The third-order valence-corrected chi connectivity index (χ3v) is 4.51. The largest absolute Gasteiger partial charge is 0.398 e. The highest BCUT2D eigenvalue weighted by Crippen LogP contribution is 2.39. The molecule has 4 heteroatoms. The Labute approximate surface area is 113 Å². The number of anilines is 1. The lowest BCUT2D eigenvalue weighted by molar-refractivity contribution is 0.445. The average Bonchev–Trinajstić information content (AvgIpc) is 2.75. The van der Waals surface area contributed by atoms with Crippen LogP contribution in [0.3, 0.4) is 0 Å². The summed E-state index contributed by atoms with van der Waals surface area (Å²) in [4.78, 5) is 0. The van der Waals surface area contributed by atoms with E-state index in [-0.39, 0.29) is 6.04 Å². The van der Waals surface area contributed by atoms with Crippen LogP contribution in [-0.4, -0.2) is 0 Å². The van der Waals surface area contributed by atoms with Crippen molar-refractivity contribution in [3.8, 4) is 0 Å². The van der Waals surface area contributed by atoms with Crippen LogP contribution < -0.4 is 11.5 Å². The second-order valence-corrected chi connectivity index (χ2v) is 6.23. The molecule has 0 heterocycles.